The molecule has 0 spiro atoms. The molecular weight excluding hydrogens is 152 g/mol. The minimum atomic E-state index is 0.695. The topological polar surface area (TPSA) is 47.6 Å². The van der Waals surface area contributed by atoms with Crippen LogP contribution in [-0.2, 0) is 4.74 Å². The fourth-order valence-corrected chi connectivity index (χ4v) is 0.714. The molecule has 0 heterocycles. The van der Waals surface area contributed by atoms with Crippen LogP contribution in [0.25, 0.3) is 0 Å². The molecular formula is C9H20N2O. The number of hydrogen-bond acceptors (Lipinski definition) is 2. The Balaban J connectivity index is 3.10. The van der Waals surface area contributed by atoms with E-state index in [4.69, 9.17) is 10.5 Å². The maximum absolute atomic E-state index is 5.51. The maximum Gasteiger partial charge on any atom is 0.0935 e. The Labute approximate surface area is 75.0 Å². The summed E-state index contributed by atoms with van der Waals surface area (Å²) < 4.78 is 5.31. The molecule has 0 atom stereocenters. The summed E-state index contributed by atoms with van der Waals surface area (Å²) in [6.45, 7) is 6.38. The summed E-state index contributed by atoms with van der Waals surface area (Å²) in [5, 5.41) is 0. The minimum absolute atomic E-state index is 0.695. The van der Waals surface area contributed by atoms with Gasteiger partial charge in [0, 0.05) is 13.0 Å². The summed E-state index contributed by atoms with van der Waals surface area (Å²) in [6.07, 6.45) is 3.14. The number of nitrogens with two attached hydrogens (primary N) is 1. The van der Waals surface area contributed by atoms with Crippen molar-refractivity contribution in [1.29, 1.82) is 0 Å². The van der Waals surface area contributed by atoms with E-state index in [1.807, 2.05) is 6.92 Å². The lowest BCUT2D eigenvalue weighted by molar-refractivity contribution is 0.139. The molecule has 0 aliphatic heterocycles. The van der Waals surface area contributed by atoms with Gasteiger partial charge in [-0.2, -0.15) is 0 Å². The van der Waals surface area contributed by atoms with Gasteiger partial charge < -0.3 is 10.5 Å². The first-order valence-electron chi connectivity index (χ1n) is 4.67. The van der Waals surface area contributed by atoms with Crippen molar-refractivity contribution >= 4 is 5.84 Å². The monoisotopic (exact) mass is 172 g/mol. The number of ether oxygens (including phenoxy) is 1. The first kappa shape index (κ1) is 11.4. The number of nitrogens with zero attached hydrogens (tertiary/aromatic N) is 1. The van der Waals surface area contributed by atoms with E-state index in [0.717, 1.165) is 19.4 Å². The Morgan fingerprint density at radius 2 is 2.08 bits per heavy atom. The van der Waals surface area contributed by atoms with Crippen LogP contribution in [0.3, 0.4) is 0 Å². The molecule has 0 unspecified atom stereocenters. The number of amidine groups is 1. The van der Waals surface area contributed by atoms with Crippen LogP contribution in [0, 0.1) is 0 Å². The van der Waals surface area contributed by atoms with E-state index in [1.54, 1.807) is 0 Å². The van der Waals surface area contributed by atoms with Crippen LogP contribution < -0.4 is 5.73 Å². The molecule has 0 aromatic carbocycles. The van der Waals surface area contributed by atoms with E-state index >= 15 is 0 Å². The summed E-state index contributed by atoms with van der Waals surface area (Å²) in [4.78, 5) is 4.11. The van der Waals surface area contributed by atoms with Gasteiger partial charge in [0.2, 0.25) is 0 Å². The van der Waals surface area contributed by atoms with E-state index in [1.165, 1.54) is 6.42 Å². The second-order valence-electron chi connectivity index (χ2n) is 2.69. The highest BCUT2D eigenvalue weighted by Gasteiger charge is 1.87. The highest BCUT2D eigenvalue weighted by molar-refractivity contribution is 5.79. The van der Waals surface area contributed by atoms with Crippen LogP contribution in [-0.4, -0.2) is 25.6 Å². The van der Waals surface area contributed by atoms with Crippen LogP contribution >= 0.6 is 0 Å². The molecule has 0 rings (SSSR count). The third-order valence-electron chi connectivity index (χ3n) is 1.55. The zero-order valence-corrected chi connectivity index (χ0v) is 8.18. The lowest BCUT2D eigenvalue weighted by Crippen LogP contribution is -2.11. The molecule has 3 heteroatoms. The van der Waals surface area contributed by atoms with Crippen molar-refractivity contribution < 1.29 is 4.74 Å². The lowest BCUT2D eigenvalue weighted by Gasteiger charge is -2.00. The summed E-state index contributed by atoms with van der Waals surface area (Å²) in [5.74, 6) is 0.717. The largest absolute Gasteiger partial charge is 0.387 e. The summed E-state index contributed by atoms with van der Waals surface area (Å²) in [7, 11) is 0. The normalized spacial score (nSPS) is 12.0. The predicted molar refractivity (Wildman–Crippen MR) is 52.5 cm³/mol. The average molecular weight is 172 g/mol. The third kappa shape index (κ3) is 7.54. The number of unbranched alkanes of at least 4 members (excludes halogenated alkanes) is 1. The second-order valence-corrected chi connectivity index (χ2v) is 2.69. The molecule has 72 valence electrons. The number of hydrogen-bond donors (Lipinski definition) is 1. The highest BCUT2D eigenvalue weighted by atomic mass is 16.5. The van der Waals surface area contributed by atoms with Crippen LogP contribution in [0.15, 0.2) is 4.99 Å². The molecule has 0 aromatic heterocycles. The zero-order chi connectivity index (χ0) is 9.23. The number of aliphatic imine (C=N–C) groups is 1. The Morgan fingerprint density at radius 1 is 1.33 bits per heavy atom. The van der Waals surface area contributed by atoms with E-state index < -0.39 is 0 Å². The Hall–Kier alpha value is -0.570. The first-order valence-corrected chi connectivity index (χ1v) is 4.67. The van der Waals surface area contributed by atoms with Crippen molar-refractivity contribution in [2.45, 2.75) is 33.1 Å². The molecule has 12 heavy (non-hydrogen) atoms. The van der Waals surface area contributed by atoms with Gasteiger partial charge in [-0.15, -0.1) is 0 Å². The van der Waals surface area contributed by atoms with Crippen LogP contribution in [0.2, 0.25) is 0 Å². The molecule has 0 aliphatic carbocycles. The van der Waals surface area contributed by atoms with Crippen molar-refractivity contribution in [2.75, 3.05) is 19.8 Å². The zero-order valence-electron chi connectivity index (χ0n) is 8.18. The molecule has 0 saturated carbocycles. The van der Waals surface area contributed by atoms with E-state index in [2.05, 4.69) is 11.9 Å². The molecule has 0 saturated heterocycles. The van der Waals surface area contributed by atoms with Gasteiger partial charge in [0.15, 0.2) is 0 Å². The minimum Gasteiger partial charge on any atom is -0.387 e. The average Bonchev–Trinajstić information content (AvgIpc) is 2.10. The summed E-state index contributed by atoms with van der Waals surface area (Å²) >= 11 is 0. The van der Waals surface area contributed by atoms with Gasteiger partial charge in [0.1, 0.15) is 0 Å². The van der Waals surface area contributed by atoms with Crippen molar-refractivity contribution in [2.24, 2.45) is 10.7 Å². The van der Waals surface area contributed by atoms with Crippen LogP contribution in [0.4, 0.5) is 0 Å². The lowest BCUT2D eigenvalue weighted by atomic mass is 10.4. The maximum atomic E-state index is 5.51. The third-order valence-corrected chi connectivity index (χ3v) is 1.55. The fourth-order valence-electron chi connectivity index (χ4n) is 0.714. The predicted octanol–water partition coefficient (Wildman–Crippen LogP) is 1.57. The summed E-state index contributed by atoms with van der Waals surface area (Å²) in [5.41, 5.74) is 5.51. The van der Waals surface area contributed by atoms with Gasteiger partial charge >= 0.3 is 0 Å². The van der Waals surface area contributed by atoms with E-state index in [0.29, 0.717) is 19.0 Å². The Kier molecular flexibility index (Phi) is 8.12. The van der Waals surface area contributed by atoms with Gasteiger partial charge in [-0.05, 0) is 6.42 Å². The van der Waals surface area contributed by atoms with Gasteiger partial charge in [0.25, 0.3) is 0 Å². The number of rotatable bonds is 7. The van der Waals surface area contributed by atoms with E-state index in [-0.39, 0.29) is 0 Å². The van der Waals surface area contributed by atoms with Crippen LogP contribution in [0.1, 0.15) is 33.1 Å². The molecule has 2 N–H and O–H groups in total. The Morgan fingerprint density at radius 3 is 2.67 bits per heavy atom. The smallest absolute Gasteiger partial charge is 0.0935 e. The fraction of sp³-hybridized carbons (Fsp3) is 0.889. The van der Waals surface area contributed by atoms with E-state index in [9.17, 15) is 0 Å². The highest BCUT2D eigenvalue weighted by Crippen LogP contribution is 1.87. The molecule has 3 nitrogen and oxygen atoms in total. The molecule has 0 radical (unpaired) electrons. The van der Waals surface area contributed by atoms with Crippen molar-refractivity contribution in [1.82, 2.24) is 0 Å². The quantitative estimate of drug-likeness (QED) is 0.360. The molecule has 0 amide bonds. The van der Waals surface area contributed by atoms with Gasteiger partial charge in [0.05, 0.1) is 19.0 Å². The molecule has 0 aromatic rings. The first-order chi connectivity index (χ1) is 5.81. The van der Waals surface area contributed by atoms with Crippen molar-refractivity contribution in [3.05, 3.63) is 0 Å². The van der Waals surface area contributed by atoms with Gasteiger partial charge in [-0.1, -0.05) is 20.3 Å². The molecule has 0 fully saturated rings. The van der Waals surface area contributed by atoms with Crippen molar-refractivity contribution in [3.63, 3.8) is 0 Å². The van der Waals surface area contributed by atoms with Gasteiger partial charge in [-0.25, -0.2) is 0 Å². The second kappa shape index (κ2) is 8.53. The SMILES string of the molecule is CCCCOCCN=C(N)CC. The summed E-state index contributed by atoms with van der Waals surface area (Å²) in [6, 6.07) is 0. The molecule has 0 aliphatic rings. The molecule has 0 bridgehead atoms. The van der Waals surface area contributed by atoms with Crippen molar-refractivity contribution in [3.8, 4) is 0 Å². The van der Waals surface area contributed by atoms with Crippen LogP contribution in [0.5, 0.6) is 0 Å². The van der Waals surface area contributed by atoms with Gasteiger partial charge in [-0.3, -0.25) is 4.99 Å². The standard InChI is InChI=1S/C9H20N2O/c1-3-5-7-12-8-6-11-9(10)4-2/h3-8H2,1-2H3,(H2,10,11). The Bertz CT molecular complexity index is 124.